The Kier molecular flexibility index (Phi) is 4.99. The highest BCUT2D eigenvalue weighted by Crippen LogP contribution is 2.40. The maximum atomic E-state index is 12.1. The summed E-state index contributed by atoms with van der Waals surface area (Å²) < 4.78 is 0. The molecule has 0 aromatic rings. The Morgan fingerprint density at radius 3 is 2.59 bits per heavy atom. The van der Waals surface area contributed by atoms with Gasteiger partial charge in [-0.25, -0.2) is 0 Å². The van der Waals surface area contributed by atoms with Crippen molar-refractivity contribution in [3.05, 3.63) is 0 Å². The van der Waals surface area contributed by atoms with Crippen LogP contribution in [-0.2, 0) is 4.79 Å². The summed E-state index contributed by atoms with van der Waals surface area (Å²) in [5.41, 5.74) is 0.102. The monoisotopic (exact) mass is 241 g/mol. The van der Waals surface area contributed by atoms with E-state index in [-0.39, 0.29) is 23.2 Å². The van der Waals surface area contributed by atoms with E-state index in [9.17, 15) is 9.90 Å². The molecule has 1 saturated carbocycles. The fourth-order valence-electron chi connectivity index (χ4n) is 2.54. The Morgan fingerprint density at radius 2 is 2.06 bits per heavy atom. The van der Waals surface area contributed by atoms with E-state index in [1.54, 1.807) is 0 Å². The van der Waals surface area contributed by atoms with Crippen LogP contribution < -0.4 is 5.32 Å². The molecule has 1 rings (SSSR count). The molecule has 1 aliphatic carbocycles. The average molecular weight is 241 g/mol. The summed E-state index contributed by atoms with van der Waals surface area (Å²) in [5.74, 6) is 0.416. The van der Waals surface area contributed by atoms with Crippen LogP contribution in [0.1, 0.15) is 53.4 Å². The lowest BCUT2D eigenvalue weighted by Gasteiger charge is -2.37. The van der Waals surface area contributed by atoms with Crippen LogP contribution in [0.3, 0.4) is 0 Å². The predicted molar refractivity (Wildman–Crippen MR) is 69.6 cm³/mol. The first-order chi connectivity index (χ1) is 7.84. The van der Waals surface area contributed by atoms with Crippen LogP contribution in [0.2, 0.25) is 0 Å². The van der Waals surface area contributed by atoms with Gasteiger partial charge >= 0.3 is 0 Å². The third-order valence-electron chi connectivity index (χ3n) is 4.08. The quantitative estimate of drug-likeness (QED) is 0.793. The molecule has 2 atom stereocenters. The first kappa shape index (κ1) is 14.5. The normalized spacial score (nSPS) is 25.6. The van der Waals surface area contributed by atoms with Gasteiger partial charge in [-0.05, 0) is 24.2 Å². The minimum atomic E-state index is -0.439. The molecule has 3 heteroatoms. The fraction of sp³-hybridized carbons (Fsp3) is 0.929. The van der Waals surface area contributed by atoms with Gasteiger partial charge in [0.05, 0.1) is 6.10 Å². The van der Waals surface area contributed by atoms with Crippen molar-refractivity contribution in [2.45, 2.75) is 59.5 Å². The van der Waals surface area contributed by atoms with Gasteiger partial charge in [0.25, 0.3) is 0 Å². The number of hydrogen-bond acceptors (Lipinski definition) is 2. The highest BCUT2D eigenvalue weighted by molar-refractivity contribution is 5.79. The standard InChI is InChI=1S/C14H27NO2/c1-10(2)12(16)9-15-13(17)11-7-5-6-8-14(11,3)4/h10-12,16H,5-9H2,1-4H3,(H,15,17). The summed E-state index contributed by atoms with van der Waals surface area (Å²) in [7, 11) is 0. The van der Waals surface area contributed by atoms with Gasteiger partial charge in [-0.2, -0.15) is 0 Å². The second kappa shape index (κ2) is 5.85. The highest BCUT2D eigenvalue weighted by Gasteiger charge is 2.37. The average Bonchev–Trinajstić information content (AvgIpc) is 2.24. The number of aliphatic hydroxyl groups excluding tert-OH is 1. The first-order valence-electron chi connectivity index (χ1n) is 6.80. The van der Waals surface area contributed by atoms with E-state index in [2.05, 4.69) is 19.2 Å². The number of aliphatic hydroxyl groups is 1. The van der Waals surface area contributed by atoms with Gasteiger partial charge in [0, 0.05) is 12.5 Å². The van der Waals surface area contributed by atoms with Crippen molar-refractivity contribution < 1.29 is 9.90 Å². The SMILES string of the molecule is CC(C)C(O)CNC(=O)C1CCCCC1(C)C. The van der Waals surface area contributed by atoms with Crippen molar-refractivity contribution in [2.75, 3.05) is 6.54 Å². The minimum Gasteiger partial charge on any atom is -0.391 e. The summed E-state index contributed by atoms with van der Waals surface area (Å²) in [6, 6.07) is 0. The molecule has 0 saturated heterocycles. The maximum absolute atomic E-state index is 12.1. The second-order valence-corrected chi connectivity index (χ2v) is 6.34. The molecule has 0 heterocycles. The molecule has 0 spiro atoms. The number of carbonyl (C=O) groups excluding carboxylic acids is 1. The molecule has 2 N–H and O–H groups in total. The van der Waals surface area contributed by atoms with Gasteiger partial charge in [-0.15, -0.1) is 0 Å². The Labute approximate surface area is 105 Å². The minimum absolute atomic E-state index is 0.102. The van der Waals surface area contributed by atoms with Crippen LogP contribution in [0.25, 0.3) is 0 Å². The van der Waals surface area contributed by atoms with Gasteiger partial charge in [0.15, 0.2) is 0 Å². The fourth-order valence-corrected chi connectivity index (χ4v) is 2.54. The van der Waals surface area contributed by atoms with Crippen LogP contribution in [0, 0.1) is 17.3 Å². The number of amides is 1. The topological polar surface area (TPSA) is 49.3 Å². The van der Waals surface area contributed by atoms with Crippen LogP contribution >= 0.6 is 0 Å². The van der Waals surface area contributed by atoms with E-state index in [4.69, 9.17) is 0 Å². The van der Waals surface area contributed by atoms with Gasteiger partial charge in [-0.3, -0.25) is 4.79 Å². The van der Waals surface area contributed by atoms with E-state index >= 15 is 0 Å². The lowest BCUT2D eigenvalue weighted by Crippen LogP contribution is -2.44. The molecular formula is C14H27NO2. The van der Waals surface area contributed by atoms with E-state index in [1.807, 2.05) is 13.8 Å². The van der Waals surface area contributed by atoms with Crippen molar-refractivity contribution in [3.63, 3.8) is 0 Å². The number of carbonyl (C=O) groups is 1. The van der Waals surface area contributed by atoms with Crippen molar-refractivity contribution >= 4 is 5.91 Å². The molecule has 0 aliphatic heterocycles. The Balaban J connectivity index is 2.46. The van der Waals surface area contributed by atoms with Crippen LogP contribution in [-0.4, -0.2) is 23.7 Å². The van der Waals surface area contributed by atoms with Crippen molar-refractivity contribution in [1.29, 1.82) is 0 Å². The Morgan fingerprint density at radius 1 is 1.41 bits per heavy atom. The van der Waals surface area contributed by atoms with E-state index in [0.29, 0.717) is 6.54 Å². The zero-order chi connectivity index (χ0) is 13.1. The Bertz CT molecular complexity index is 261. The number of rotatable bonds is 4. The van der Waals surface area contributed by atoms with E-state index in [1.165, 1.54) is 6.42 Å². The molecule has 0 aromatic heterocycles. The lowest BCUT2D eigenvalue weighted by atomic mass is 9.68. The van der Waals surface area contributed by atoms with Gasteiger partial charge in [0.1, 0.15) is 0 Å². The smallest absolute Gasteiger partial charge is 0.223 e. The second-order valence-electron chi connectivity index (χ2n) is 6.34. The van der Waals surface area contributed by atoms with Crippen LogP contribution in [0.4, 0.5) is 0 Å². The summed E-state index contributed by atoms with van der Waals surface area (Å²) in [4.78, 5) is 12.1. The molecule has 1 fully saturated rings. The van der Waals surface area contributed by atoms with E-state index in [0.717, 1.165) is 19.3 Å². The summed E-state index contributed by atoms with van der Waals surface area (Å²) in [5, 5.41) is 12.6. The van der Waals surface area contributed by atoms with Crippen molar-refractivity contribution in [2.24, 2.45) is 17.3 Å². The molecule has 2 unspecified atom stereocenters. The molecule has 0 aromatic carbocycles. The molecular weight excluding hydrogens is 214 g/mol. The molecule has 0 radical (unpaired) electrons. The molecule has 1 aliphatic rings. The molecule has 17 heavy (non-hydrogen) atoms. The highest BCUT2D eigenvalue weighted by atomic mass is 16.3. The molecule has 100 valence electrons. The molecule has 3 nitrogen and oxygen atoms in total. The third kappa shape index (κ3) is 3.98. The molecule has 0 bridgehead atoms. The van der Waals surface area contributed by atoms with Gasteiger partial charge < -0.3 is 10.4 Å². The summed E-state index contributed by atoms with van der Waals surface area (Å²) >= 11 is 0. The van der Waals surface area contributed by atoms with Crippen molar-refractivity contribution in [1.82, 2.24) is 5.32 Å². The number of hydrogen-bond donors (Lipinski definition) is 2. The zero-order valence-electron chi connectivity index (χ0n) is 11.6. The molecule has 1 amide bonds. The lowest BCUT2D eigenvalue weighted by molar-refractivity contribution is -0.130. The van der Waals surface area contributed by atoms with Crippen LogP contribution in [0.5, 0.6) is 0 Å². The van der Waals surface area contributed by atoms with Gasteiger partial charge in [-0.1, -0.05) is 40.5 Å². The maximum Gasteiger partial charge on any atom is 0.223 e. The Hall–Kier alpha value is -0.570. The predicted octanol–water partition coefficient (Wildman–Crippen LogP) is 2.34. The largest absolute Gasteiger partial charge is 0.391 e. The van der Waals surface area contributed by atoms with Gasteiger partial charge in [0.2, 0.25) is 5.91 Å². The van der Waals surface area contributed by atoms with Crippen LogP contribution in [0.15, 0.2) is 0 Å². The van der Waals surface area contributed by atoms with Crippen molar-refractivity contribution in [3.8, 4) is 0 Å². The summed E-state index contributed by atoms with van der Waals surface area (Å²) in [6.45, 7) is 8.65. The summed E-state index contributed by atoms with van der Waals surface area (Å²) in [6.07, 6.45) is 4.04. The third-order valence-corrected chi connectivity index (χ3v) is 4.08. The first-order valence-corrected chi connectivity index (χ1v) is 6.80. The zero-order valence-corrected chi connectivity index (χ0v) is 11.6. The number of nitrogens with one attached hydrogen (secondary N) is 1. The van der Waals surface area contributed by atoms with E-state index < -0.39 is 6.10 Å².